The van der Waals surface area contributed by atoms with Gasteiger partial charge in [0.1, 0.15) is 11.6 Å². The third-order valence-electron chi connectivity index (χ3n) is 7.78. The van der Waals surface area contributed by atoms with E-state index in [9.17, 15) is 17.6 Å². The van der Waals surface area contributed by atoms with E-state index in [0.29, 0.717) is 42.1 Å². The van der Waals surface area contributed by atoms with Crippen LogP contribution in [-0.2, 0) is 34.1 Å². The summed E-state index contributed by atoms with van der Waals surface area (Å²) in [7, 11) is -3.45. The number of nitrogens with one attached hydrogen (secondary N) is 1. The minimum absolute atomic E-state index is 0.0725. The van der Waals surface area contributed by atoms with E-state index in [2.05, 4.69) is 5.32 Å². The molecule has 1 aliphatic rings. The largest absolute Gasteiger partial charge is 0.321 e. The van der Waals surface area contributed by atoms with Crippen LogP contribution in [0.4, 0.5) is 8.78 Å². The van der Waals surface area contributed by atoms with Crippen LogP contribution in [0.5, 0.6) is 0 Å². The summed E-state index contributed by atoms with van der Waals surface area (Å²) in [6.45, 7) is 2.86. The highest BCUT2D eigenvalue weighted by Crippen LogP contribution is 2.28. The van der Waals surface area contributed by atoms with Crippen LogP contribution < -0.4 is 11.1 Å². The molecule has 10 heteroatoms. The summed E-state index contributed by atoms with van der Waals surface area (Å²) >= 11 is 6.09. The fraction of sp³-hybridized carbons (Fsp3) is 0.387. The van der Waals surface area contributed by atoms with E-state index in [1.54, 1.807) is 36.4 Å². The van der Waals surface area contributed by atoms with Crippen molar-refractivity contribution >= 4 is 27.4 Å². The molecule has 1 heterocycles. The zero-order valence-electron chi connectivity index (χ0n) is 23.2. The fourth-order valence-corrected chi connectivity index (χ4v) is 7.33. The van der Waals surface area contributed by atoms with Crippen LogP contribution in [0.2, 0.25) is 5.02 Å². The summed E-state index contributed by atoms with van der Waals surface area (Å²) in [5, 5.41) is 3.81. The van der Waals surface area contributed by atoms with E-state index in [1.807, 2.05) is 19.1 Å². The summed E-state index contributed by atoms with van der Waals surface area (Å²) in [6.07, 6.45) is 2.19. The van der Waals surface area contributed by atoms with Gasteiger partial charge >= 0.3 is 0 Å². The van der Waals surface area contributed by atoms with Gasteiger partial charge in [0.2, 0.25) is 10.0 Å². The van der Waals surface area contributed by atoms with E-state index in [0.717, 1.165) is 11.1 Å². The van der Waals surface area contributed by atoms with Gasteiger partial charge in [-0.2, -0.15) is 4.31 Å². The molecule has 1 saturated heterocycles. The molecular formula is C31H36ClF2N3O3S. The van der Waals surface area contributed by atoms with Crippen molar-refractivity contribution in [2.45, 2.75) is 56.7 Å². The molecule has 1 fully saturated rings. The molecular weight excluding hydrogens is 568 g/mol. The van der Waals surface area contributed by atoms with Gasteiger partial charge in [-0.15, -0.1) is 0 Å². The normalized spacial score (nSPS) is 19.6. The molecule has 3 aromatic rings. The number of benzene rings is 3. The standard InChI is InChI=1S/C31H36ClF2N3O3S/c1-20-18-36-19-26(37(20)41(2,39)40)14-15-27-23(4-3-5-29(27)34)17-30(38)31(35)28(22-8-10-24(32)11-9-22)16-21-6-12-25(33)13-7-21/h3-13,20,26,28,31,36H,14-19,35H2,1-2H3/t20-,26-,28-,31-/m0/s1. The Morgan fingerprint density at radius 3 is 2.41 bits per heavy atom. The van der Waals surface area contributed by atoms with Crippen molar-refractivity contribution in [1.82, 2.24) is 9.62 Å². The molecule has 0 saturated carbocycles. The topological polar surface area (TPSA) is 92.5 Å². The molecule has 0 spiro atoms. The van der Waals surface area contributed by atoms with E-state index in [1.165, 1.54) is 28.8 Å². The first-order valence-corrected chi connectivity index (χ1v) is 15.9. The van der Waals surface area contributed by atoms with Crippen molar-refractivity contribution in [3.05, 3.63) is 106 Å². The maximum Gasteiger partial charge on any atom is 0.211 e. The second-order valence-corrected chi connectivity index (χ2v) is 13.2. The van der Waals surface area contributed by atoms with Gasteiger partial charge < -0.3 is 11.1 Å². The van der Waals surface area contributed by atoms with Gasteiger partial charge in [-0.25, -0.2) is 17.2 Å². The second-order valence-electron chi connectivity index (χ2n) is 10.8. The van der Waals surface area contributed by atoms with Gasteiger partial charge in [0.15, 0.2) is 5.78 Å². The van der Waals surface area contributed by atoms with Crippen LogP contribution in [0.1, 0.15) is 41.5 Å². The van der Waals surface area contributed by atoms with Crippen LogP contribution in [0.3, 0.4) is 0 Å². The number of nitrogens with zero attached hydrogens (tertiary/aromatic N) is 1. The molecule has 6 nitrogen and oxygen atoms in total. The maximum absolute atomic E-state index is 15.1. The molecule has 4 atom stereocenters. The van der Waals surface area contributed by atoms with Crippen molar-refractivity contribution in [3.63, 3.8) is 0 Å². The van der Waals surface area contributed by atoms with Crippen LogP contribution in [0.25, 0.3) is 0 Å². The summed E-state index contributed by atoms with van der Waals surface area (Å²) in [4.78, 5) is 13.6. The first kappa shape index (κ1) is 31.3. The highest BCUT2D eigenvalue weighted by atomic mass is 35.5. The van der Waals surface area contributed by atoms with E-state index < -0.39 is 27.8 Å². The van der Waals surface area contributed by atoms with Crippen LogP contribution in [0, 0.1) is 11.6 Å². The average Bonchev–Trinajstić information content (AvgIpc) is 2.92. The molecule has 3 aromatic carbocycles. The van der Waals surface area contributed by atoms with Gasteiger partial charge in [-0.3, -0.25) is 4.79 Å². The van der Waals surface area contributed by atoms with E-state index in [4.69, 9.17) is 17.3 Å². The number of sulfonamides is 1. The molecule has 0 unspecified atom stereocenters. The predicted octanol–water partition coefficient (Wildman–Crippen LogP) is 4.64. The lowest BCUT2D eigenvalue weighted by Gasteiger charge is -2.39. The Labute approximate surface area is 245 Å². The predicted molar refractivity (Wildman–Crippen MR) is 159 cm³/mol. The number of piperazine rings is 1. The van der Waals surface area contributed by atoms with Crippen molar-refractivity contribution < 1.29 is 22.0 Å². The van der Waals surface area contributed by atoms with Crippen molar-refractivity contribution in [1.29, 1.82) is 0 Å². The minimum Gasteiger partial charge on any atom is -0.321 e. The smallest absolute Gasteiger partial charge is 0.211 e. The first-order valence-electron chi connectivity index (χ1n) is 13.7. The van der Waals surface area contributed by atoms with E-state index >= 15 is 4.39 Å². The summed E-state index contributed by atoms with van der Waals surface area (Å²) in [5.41, 5.74) is 9.15. The third kappa shape index (κ3) is 7.99. The van der Waals surface area contributed by atoms with E-state index in [-0.39, 0.29) is 36.5 Å². The molecule has 0 aliphatic carbocycles. The molecule has 0 aromatic heterocycles. The van der Waals surface area contributed by atoms with Gasteiger partial charge in [0.25, 0.3) is 0 Å². The van der Waals surface area contributed by atoms with Crippen molar-refractivity contribution in [2.75, 3.05) is 19.3 Å². The highest BCUT2D eigenvalue weighted by Gasteiger charge is 2.34. The Morgan fingerprint density at radius 2 is 1.76 bits per heavy atom. The Hall–Kier alpha value is -2.69. The number of ketones is 1. The zero-order valence-corrected chi connectivity index (χ0v) is 24.8. The molecule has 4 rings (SSSR count). The van der Waals surface area contributed by atoms with Crippen LogP contribution >= 0.6 is 11.6 Å². The number of nitrogens with two attached hydrogens (primary N) is 1. The molecule has 41 heavy (non-hydrogen) atoms. The lowest BCUT2D eigenvalue weighted by atomic mass is 9.82. The van der Waals surface area contributed by atoms with Crippen LogP contribution in [-0.4, -0.2) is 56.0 Å². The number of carbonyl (C=O) groups excluding carboxylic acids is 1. The molecule has 0 radical (unpaired) electrons. The number of Topliss-reactive ketones (excluding diaryl/α,β-unsaturated/α-hetero) is 1. The number of rotatable bonds is 11. The number of carbonyl (C=O) groups is 1. The maximum atomic E-state index is 15.1. The Kier molecular flexibility index (Phi) is 10.3. The van der Waals surface area contributed by atoms with Gasteiger partial charge in [-0.1, -0.05) is 48.0 Å². The Morgan fingerprint density at radius 1 is 1.07 bits per heavy atom. The second kappa shape index (κ2) is 13.5. The third-order valence-corrected chi connectivity index (χ3v) is 9.45. The number of hydrogen-bond donors (Lipinski definition) is 2. The molecule has 0 amide bonds. The Balaban J connectivity index is 1.54. The summed E-state index contributed by atoms with van der Waals surface area (Å²) in [6, 6.07) is 16.4. The first-order chi connectivity index (χ1) is 19.4. The van der Waals surface area contributed by atoms with Gasteiger partial charge in [0.05, 0.1) is 12.3 Å². The average molecular weight is 604 g/mol. The van der Waals surface area contributed by atoms with Gasteiger partial charge in [0, 0.05) is 42.5 Å². The van der Waals surface area contributed by atoms with Crippen molar-refractivity contribution in [3.8, 4) is 0 Å². The molecule has 220 valence electrons. The zero-order chi connectivity index (χ0) is 29.7. The monoisotopic (exact) mass is 603 g/mol. The van der Waals surface area contributed by atoms with Gasteiger partial charge in [-0.05, 0) is 78.8 Å². The molecule has 3 N–H and O–H groups in total. The summed E-state index contributed by atoms with van der Waals surface area (Å²) < 4.78 is 55.0. The number of halogens is 3. The fourth-order valence-electron chi connectivity index (χ4n) is 5.75. The Bertz CT molecular complexity index is 1450. The van der Waals surface area contributed by atoms with Crippen molar-refractivity contribution in [2.24, 2.45) is 5.73 Å². The minimum atomic E-state index is -3.45. The number of hydrogen-bond acceptors (Lipinski definition) is 5. The highest BCUT2D eigenvalue weighted by molar-refractivity contribution is 7.88. The molecule has 0 bridgehead atoms. The van der Waals surface area contributed by atoms with Crippen LogP contribution in [0.15, 0.2) is 66.7 Å². The SMILES string of the molecule is C[C@H]1CNC[C@H](CCc2c(F)cccc2CC(=O)[C@@H](N)[C@@H](Cc2ccc(F)cc2)c2ccc(Cl)cc2)N1S(C)(=O)=O. The quantitative estimate of drug-likeness (QED) is 0.333. The lowest BCUT2D eigenvalue weighted by Crippen LogP contribution is -2.58. The lowest BCUT2D eigenvalue weighted by molar-refractivity contribution is -0.120. The summed E-state index contributed by atoms with van der Waals surface area (Å²) in [5.74, 6) is -1.47. The molecule has 1 aliphatic heterocycles.